The Hall–Kier alpha value is -0.0800. The molecule has 1 saturated heterocycles. The van der Waals surface area contributed by atoms with Crippen LogP contribution in [0.3, 0.4) is 0 Å². The molecule has 0 bridgehead atoms. The Morgan fingerprint density at radius 1 is 1.54 bits per heavy atom. The molecule has 1 aliphatic rings. The highest BCUT2D eigenvalue weighted by Crippen LogP contribution is 2.24. The fourth-order valence-electron chi connectivity index (χ4n) is 2.14. The predicted molar refractivity (Wildman–Crippen MR) is 57.7 cm³/mol. The predicted octanol–water partition coefficient (Wildman–Crippen LogP) is 1.70. The van der Waals surface area contributed by atoms with Crippen LogP contribution in [0.4, 0.5) is 0 Å². The molecule has 2 heteroatoms. The van der Waals surface area contributed by atoms with E-state index in [1.165, 1.54) is 25.9 Å². The number of hydrogen-bond acceptors (Lipinski definition) is 2. The molecule has 1 rings (SSSR count). The minimum atomic E-state index is 0.725. The number of likely N-dealkylation sites (tertiary alicyclic amines) is 1. The standard InChI is InChI=1S/C11H24N2/c1-4-10(3)13-6-5-9(2)11(7-12)8-13/h9-11H,4-8,12H2,1-3H3. The molecule has 2 nitrogen and oxygen atoms in total. The molecule has 78 valence electrons. The van der Waals surface area contributed by atoms with Crippen LogP contribution < -0.4 is 5.73 Å². The summed E-state index contributed by atoms with van der Waals surface area (Å²) in [5, 5.41) is 0. The maximum atomic E-state index is 5.77. The summed E-state index contributed by atoms with van der Waals surface area (Å²) in [6.45, 7) is 10.3. The van der Waals surface area contributed by atoms with Crippen LogP contribution in [0.25, 0.3) is 0 Å². The van der Waals surface area contributed by atoms with Gasteiger partial charge in [0.15, 0.2) is 0 Å². The SMILES string of the molecule is CCC(C)N1CCC(C)C(CN)C1. The molecule has 0 saturated carbocycles. The van der Waals surface area contributed by atoms with E-state index in [1.54, 1.807) is 0 Å². The molecule has 13 heavy (non-hydrogen) atoms. The van der Waals surface area contributed by atoms with Gasteiger partial charge in [0.25, 0.3) is 0 Å². The topological polar surface area (TPSA) is 29.3 Å². The summed E-state index contributed by atoms with van der Waals surface area (Å²) in [7, 11) is 0. The van der Waals surface area contributed by atoms with Crippen LogP contribution in [-0.2, 0) is 0 Å². The molecule has 0 aliphatic carbocycles. The molecule has 0 amide bonds. The van der Waals surface area contributed by atoms with Gasteiger partial charge in [0, 0.05) is 12.6 Å². The van der Waals surface area contributed by atoms with E-state index >= 15 is 0 Å². The van der Waals surface area contributed by atoms with E-state index < -0.39 is 0 Å². The van der Waals surface area contributed by atoms with Crippen molar-refractivity contribution in [3.05, 3.63) is 0 Å². The van der Waals surface area contributed by atoms with Gasteiger partial charge in [-0.15, -0.1) is 0 Å². The molecule has 1 aliphatic heterocycles. The second-order valence-corrected chi connectivity index (χ2v) is 4.51. The van der Waals surface area contributed by atoms with Crippen LogP contribution in [0.5, 0.6) is 0 Å². The fourth-order valence-corrected chi connectivity index (χ4v) is 2.14. The largest absolute Gasteiger partial charge is 0.330 e. The van der Waals surface area contributed by atoms with Crippen LogP contribution >= 0.6 is 0 Å². The Bertz CT molecular complexity index is 147. The number of rotatable bonds is 3. The highest BCUT2D eigenvalue weighted by Gasteiger charge is 2.26. The second-order valence-electron chi connectivity index (χ2n) is 4.51. The van der Waals surface area contributed by atoms with Crippen LogP contribution in [0.1, 0.15) is 33.6 Å². The van der Waals surface area contributed by atoms with E-state index in [9.17, 15) is 0 Å². The van der Waals surface area contributed by atoms with Gasteiger partial charge >= 0.3 is 0 Å². The minimum Gasteiger partial charge on any atom is -0.330 e. The van der Waals surface area contributed by atoms with E-state index in [-0.39, 0.29) is 0 Å². The van der Waals surface area contributed by atoms with Crippen LogP contribution in [0.15, 0.2) is 0 Å². The van der Waals surface area contributed by atoms with Gasteiger partial charge in [-0.3, -0.25) is 0 Å². The van der Waals surface area contributed by atoms with Gasteiger partial charge in [0.05, 0.1) is 0 Å². The molecular weight excluding hydrogens is 160 g/mol. The van der Waals surface area contributed by atoms with E-state index in [0.29, 0.717) is 0 Å². The van der Waals surface area contributed by atoms with Crippen molar-refractivity contribution in [2.24, 2.45) is 17.6 Å². The van der Waals surface area contributed by atoms with Gasteiger partial charge in [0.1, 0.15) is 0 Å². The lowest BCUT2D eigenvalue weighted by molar-refractivity contribution is 0.0961. The zero-order chi connectivity index (χ0) is 9.84. The molecule has 0 radical (unpaired) electrons. The first-order valence-electron chi connectivity index (χ1n) is 5.63. The van der Waals surface area contributed by atoms with Crippen LogP contribution in [0.2, 0.25) is 0 Å². The molecule has 0 aromatic heterocycles. The molecule has 1 fully saturated rings. The van der Waals surface area contributed by atoms with Crippen molar-refractivity contribution >= 4 is 0 Å². The van der Waals surface area contributed by atoms with Gasteiger partial charge in [0.2, 0.25) is 0 Å². The van der Waals surface area contributed by atoms with E-state index in [2.05, 4.69) is 25.7 Å². The Morgan fingerprint density at radius 3 is 2.77 bits per heavy atom. The first-order chi connectivity index (χ1) is 6.19. The summed E-state index contributed by atoms with van der Waals surface area (Å²) >= 11 is 0. The van der Waals surface area contributed by atoms with Crippen molar-refractivity contribution < 1.29 is 0 Å². The van der Waals surface area contributed by atoms with E-state index in [4.69, 9.17) is 5.73 Å². The van der Waals surface area contributed by atoms with Crippen molar-refractivity contribution in [2.75, 3.05) is 19.6 Å². The molecule has 0 aromatic rings. The third-order valence-corrected chi connectivity index (χ3v) is 3.66. The Balaban J connectivity index is 2.44. The average Bonchev–Trinajstić information content (AvgIpc) is 2.17. The van der Waals surface area contributed by atoms with Crippen molar-refractivity contribution in [3.8, 4) is 0 Å². The summed E-state index contributed by atoms with van der Waals surface area (Å²) < 4.78 is 0. The van der Waals surface area contributed by atoms with E-state index in [1.807, 2.05) is 0 Å². The first-order valence-corrected chi connectivity index (χ1v) is 5.63. The van der Waals surface area contributed by atoms with Crippen molar-refractivity contribution in [3.63, 3.8) is 0 Å². The maximum absolute atomic E-state index is 5.77. The number of nitrogens with two attached hydrogens (primary N) is 1. The first kappa shape index (κ1) is 11.0. The van der Waals surface area contributed by atoms with Crippen molar-refractivity contribution in [2.45, 2.75) is 39.7 Å². The van der Waals surface area contributed by atoms with Crippen LogP contribution in [-0.4, -0.2) is 30.6 Å². The van der Waals surface area contributed by atoms with Gasteiger partial charge in [-0.05, 0) is 44.7 Å². The lowest BCUT2D eigenvalue weighted by atomic mass is 9.86. The normalized spacial score (nSPS) is 33.2. The number of hydrogen-bond donors (Lipinski definition) is 1. The maximum Gasteiger partial charge on any atom is 0.00644 e. The molecule has 2 N–H and O–H groups in total. The highest BCUT2D eigenvalue weighted by molar-refractivity contribution is 4.80. The highest BCUT2D eigenvalue weighted by atomic mass is 15.2. The van der Waals surface area contributed by atoms with Crippen LogP contribution in [0, 0.1) is 11.8 Å². The summed E-state index contributed by atoms with van der Waals surface area (Å²) in [5.41, 5.74) is 5.77. The Labute approximate surface area is 82.5 Å². The third-order valence-electron chi connectivity index (χ3n) is 3.66. The molecule has 0 aromatic carbocycles. The zero-order valence-corrected chi connectivity index (χ0v) is 9.29. The van der Waals surface area contributed by atoms with Gasteiger partial charge < -0.3 is 10.6 Å². The summed E-state index contributed by atoms with van der Waals surface area (Å²) in [5.74, 6) is 1.55. The average molecular weight is 184 g/mol. The fraction of sp³-hybridized carbons (Fsp3) is 1.00. The summed E-state index contributed by atoms with van der Waals surface area (Å²) in [6, 6.07) is 0.738. The number of piperidine rings is 1. The zero-order valence-electron chi connectivity index (χ0n) is 9.29. The molecule has 1 heterocycles. The minimum absolute atomic E-state index is 0.725. The van der Waals surface area contributed by atoms with Crippen molar-refractivity contribution in [1.29, 1.82) is 0 Å². The molecular formula is C11H24N2. The number of nitrogens with zero attached hydrogens (tertiary/aromatic N) is 1. The van der Waals surface area contributed by atoms with Gasteiger partial charge in [-0.1, -0.05) is 13.8 Å². The van der Waals surface area contributed by atoms with Crippen molar-refractivity contribution in [1.82, 2.24) is 4.90 Å². The molecule has 3 atom stereocenters. The van der Waals surface area contributed by atoms with E-state index in [0.717, 1.165) is 24.4 Å². The lowest BCUT2D eigenvalue weighted by Crippen LogP contribution is -2.46. The van der Waals surface area contributed by atoms with Gasteiger partial charge in [-0.2, -0.15) is 0 Å². The monoisotopic (exact) mass is 184 g/mol. The summed E-state index contributed by atoms with van der Waals surface area (Å²) in [4.78, 5) is 2.59. The van der Waals surface area contributed by atoms with Gasteiger partial charge in [-0.25, -0.2) is 0 Å². The molecule has 3 unspecified atom stereocenters. The lowest BCUT2D eigenvalue weighted by Gasteiger charge is -2.39. The quantitative estimate of drug-likeness (QED) is 0.723. The Kier molecular flexibility index (Phi) is 4.20. The smallest absolute Gasteiger partial charge is 0.00644 e. The Morgan fingerprint density at radius 2 is 2.23 bits per heavy atom. The molecule has 0 spiro atoms. The summed E-state index contributed by atoms with van der Waals surface area (Å²) in [6.07, 6.45) is 2.58. The second kappa shape index (κ2) is 4.97. The third kappa shape index (κ3) is 2.68.